The molecular formula is C30H54GdN6O9+3. The van der Waals surface area contributed by atoms with Gasteiger partial charge in [-0.15, -0.1) is 0 Å². The topological polar surface area (TPSA) is 200 Å². The number of aliphatic carboxylic acids is 3. The molecule has 0 aromatic heterocycles. The van der Waals surface area contributed by atoms with Gasteiger partial charge in [-0.3, -0.25) is 43.6 Å². The van der Waals surface area contributed by atoms with E-state index in [0.29, 0.717) is 65.3 Å². The second kappa shape index (κ2) is 28.2. The maximum absolute atomic E-state index is 12.7. The Morgan fingerprint density at radius 2 is 0.848 bits per heavy atom. The van der Waals surface area contributed by atoms with Crippen molar-refractivity contribution in [1.29, 1.82) is 0 Å². The number of hydrogen-bond acceptors (Lipinski definition) is 10. The van der Waals surface area contributed by atoms with Crippen molar-refractivity contribution in [3.63, 3.8) is 0 Å². The molecule has 1 aliphatic rings. The van der Waals surface area contributed by atoms with Crippen LogP contribution in [0.3, 0.4) is 0 Å². The molecule has 0 atom stereocenters. The minimum absolute atomic E-state index is 0. The van der Waals surface area contributed by atoms with Crippen LogP contribution in [-0.2, 0) is 28.8 Å². The Hall–Kier alpha value is -1.82. The average molecular weight is 800 g/mol. The number of aldehydes is 1. The van der Waals surface area contributed by atoms with E-state index in [9.17, 15) is 44.1 Å². The van der Waals surface area contributed by atoms with Crippen molar-refractivity contribution < 1.29 is 84.0 Å². The number of hydrogen-bond donors (Lipinski definition) is 5. The van der Waals surface area contributed by atoms with Crippen molar-refractivity contribution in [1.82, 2.24) is 30.2 Å². The fourth-order valence-corrected chi connectivity index (χ4v) is 5.09. The first-order chi connectivity index (χ1) is 21.6. The molecule has 0 aromatic carbocycles. The monoisotopic (exact) mass is 800 g/mol. The van der Waals surface area contributed by atoms with Gasteiger partial charge in [-0.2, -0.15) is 0 Å². The molecule has 1 saturated heterocycles. The van der Waals surface area contributed by atoms with Crippen LogP contribution in [0.5, 0.6) is 0 Å². The van der Waals surface area contributed by atoms with E-state index in [2.05, 4.69) is 10.6 Å². The number of rotatable bonds is 22. The number of carbonyl (C=O) groups excluding carboxylic acids is 3. The van der Waals surface area contributed by atoms with Crippen LogP contribution in [-0.4, -0.2) is 163 Å². The summed E-state index contributed by atoms with van der Waals surface area (Å²) in [5, 5.41) is 33.6. The molecule has 0 saturated carbocycles. The van der Waals surface area contributed by atoms with Crippen LogP contribution in [0.15, 0.2) is 0 Å². The maximum Gasteiger partial charge on any atom is 3.00 e. The number of nitrogens with one attached hydrogen (secondary N) is 2. The zero-order valence-electron chi connectivity index (χ0n) is 27.0. The van der Waals surface area contributed by atoms with Crippen molar-refractivity contribution in [3.05, 3.63) is 0 Å². The minimum atomic E-state index is -1.02. The third-order valence-electron chi connectivity index (χ3n) is 7.62. The minimum Gasteiger partial charge on any atom is -0.480 e. The van der Waals surface area contributed by atoms with Crippen molar-refractivity contribution in [3.8, 4) is 0 Å². The first kappa shape index (κ1) is 44.2. The van der Waals surface area contributed by atoms with Gasteiger partial charge in [-0.05, 0) is 12.8 Å². The molecule has 0 spiro atoms. The van der Waals surface area contributed by atoms with Gasteiger partial charge in [0.2, 0.25) is 11.8 Å². The van der Waals surface area contributed by atoms with Crippen LogP contribution in [0.2, 0.25) is 0 Å². The predicted octanol–water partition coefficient (Wildman–Crippen LogP) is -0.206. The van der Waals surface area contributed by atoms with Crippen LogP contribution in [0.25, 0.3) is 0 Å². The van der Waals surface area contributed by atoms with Gasteiger partial charge in [0.1, 0.15) is 6.29 Å². The summed E-state index contributed by atoms with van der Waals surface area (Å²) in [5.41, 5.74) is 0. The molecule has 1 aliphatic heterocycles. The molecule has 0 unspecified atom stereocenters. The quantitative estimate of drug-likeness (QED) is 0.0713. The van der Waals surface area contributed by atoms with Gasteiger partial charge in [-0.25, -0.2) is 0 Å². The number of carboxylic acid groups (broad SMARTS) is 3. The van der Waals surface area contributed by atoms with Crippen molar-refractivity contribution >= 4 is 36.0 Å². The molecule has 0 bridgehead atoms. The molecule has 1 rings (SSSR count). The Balaban J connectivity index is 0.0000202. The average Bonchev–Trinajstić information content (AvgIpc) is 2.96. The first-order valence-electron chi connectivity index (χ1n) is 16.1. The van der Waals surface area contributed by atoms with Gasteiger partial charge in [0, 0.05) is 78.3 Å². The van der Waals surface area contributed by atoms with Crippen LogP contribution in [0, 0.1) is 39.9 Å². The van der Waals surface area contributed by atoms with E-state index in [1.54, 1.807) is 14.7 Å². The van der Waals surface area contributed by atoms with E-state index in [-0.39, 0.29) is 90.9 Å². The van der Waals surface area contributed by atoms with E-state index in [1.807, 2.05) is 4.90 Å². The largest absolute Gasteiger partial charge is 3.00 e. The smallest absolute Gasteiger partial charge is 0.480 e. The van der Waals surface area contributed by atoms with E-state index in [4.69, 9.17) is 0 Å². The number of carboxylic acids is 3. The number of amides is 2. The van der Waals surface area contributed by atoms with E-state index < -0.39 is 17.9 Å². The predicted molar refractivity (Wildman–Crippen MR) is 167 cm³/mol. The fraction of sp³-hybridized carbons (Fsp3) is 0.800. The molecule has 5 N–H and O–H groups in total. The summed E-state index contributed by atoms with van der Waals surface area (Å²) in [4.78, 5) is 76.3. The zero-order chi connectivity index (χ0) is 33.3. The van der Waals surface area contributed by atoms with E-state index in [0.717, 1.165) is 57.7 Å². The van der Waals surface area contributed by atoms with Crippen molar-refractivity contribution in [2.45, 2.75) is 64.2 Å². The zero-order valence-corrected chi connectivity index (χ0v) is 29.2. The molecule has 263 valence electrons. The summed E-state index contributed by atoms with van der Waals surface area (Å²) >= 11 is 0. The Bertz CT molecular complexity index is 882. The second-order valence-electron chi connectivity index (χ2n) is 11.5. The van der Waals surface area contributed by atoms with Gasteiger partial charge in [0.25, 0.3) is 0 Å². The molecule has 1 heterocycles. The number of unbranched alkanes of at least 4 members (excludes halogenated alkanes) is 8. The van der Waals surface area contributed by atoms with Gasteiger partial charge in [-0.1, -0.05) is 38.5 Å². The Morgan fingerprint density at radius 3 is 1.24 bits per heavy atom. The standard InChI is InChI=1S/C30H54N6O9.Gd/c37-21-9-7-5-3-1-2-4-6-8-11-31-26(38)10-12-32-27(39)22-33-13-15-34(23-28(40)41)17-19-36(25-30(44)45)20-18-35(16-14-33)24-29(42)43;/h21H,1-20,22-25H2,(H,31,38)(H,32,39)(H,40,41)(H,42,43)(H,44,45);/q;+3. The maximum atomic E-state index is 12.7. The summed E-state index contributed by atoms with van der Waals surface area (Å²) < 4.78 is 0. The Labute approximate surface area is 304 Å². The van der Waals surface area contributed by atoms with Gasteiger partial charge in [0.05, 0.1) is 26.2 Å². The SMILES string of the molecule is O=CCCCCCCCCCCNC(=O)CCNC(=O)CN1CCN(CC(=O)O)CCN(CC(=O)O)CCN(CC(=O)O)CC1.[Gd+3]. The molecular weight excluding hydrogens is 746 g/mol. The molecule has 0 aliphatic carbocycles. The molecule has 16 heteroatoms. The molecule has 2 amide bonds. The van der Waals surface area contributed by atoms with Crippen LogP contribution in [0.4, 0.5) is 0 Å². The number of nitrogens with zero attached hydrogens (tertiary/aromatic N) is 4. The van der Waals surface area contributed by atoms with Crippen LogP contribution < -0.4 is 10.6 Å². The van der Waals surface area contributed by atoms with Crippen LogP contribution in [0.1, 0.15) is 64.2 Å². The molecule has 1 fully saturated rings. The van der Waals surface area contributed by atoms with E-state index >= 15 is 0 Å². The van der Waals surface area contributed by atoms with Gasteiger partial charge in [0.15, 0.2) is 0 Å². The molecule has 0 aromatic rings. The third-order valence-corrected chi connectivity index (χ3v) is 7.62. The summed E-state index contributed by atoms with van der Waals surface area (Å²) in [6.07, 6.45) is 10.3. The van der Waals surface area contributed by atoms with E-state index in [1.165, 1.54) is 0 Å². The summed E-state index contributed by atoms with van der Waals surface area (Å²) in [6, 6.07) is 0. The summed E-state index contributed by atoms with van der Waals surface area (Å²) in [7, 11) is 0. The number of carbonyl (C=O) groups is 6. The first-order valence-corrected chi connectivity index (χ1v) is 16.1. The Kier molecular flexibility index (Phi) is 27.1. The normalized spacial score (nSPS) is 15.9. The Morgan fingerprint density at radius 1 is 0.500 bits per heavy atom. The van der Waals surface area contributed by atoms with Crippen molar-refractivity contribution in [2.75, 3.05) is 91.6 Å². The summed E-state index contributed by atoms with van der Waals surface area (Å²) in [5.74, 6) is -3.47. The van der Waals surface area contributed by atoms with Gasteiger partial charge >= 0.3 is 57.8 Å². The van der Waals surface area contributed by atoms with Crippen LogP contribution >= 0.6 is 0 Å². The summed E-state index contributed by atoms with van der Waals surface area (Å²) in [6.45, 7) is 2.62. The second-order valence-corrected chi connectivity index (χ2v) is 11.5. The van der Waals surface area contributed by atoms with Crippen molar-refractivity contribution in [2.24, 2.45) is 0 Å². The third kappa shape index (κ3) is 25.3. The molecule has 46 heavy (non-hydrogen) atoms. The molecule has 1 radical (unpaired) electrons. The van der Waals surface area contributed by atoms with Gasteiger partial charge < -0.3 is 30.7 Å². The molecule has 15 nitrogen and oxygen atoms in total. The fourth-order valence-electron chi connectivity index (χ4n) is 5.09.